The zero-order chi connectivity index (χ0) is 20.4. The molecule has 0 saturated carbocycles. The van der Waals surface area contributed by atoms with E-state index in [1.54, 1.807) is 30.3 Å². The first-order valence-corrected chi connectivity index (χ1v) is 10.8. The molecule has 2 N–H and O–H groups in total. The summed E-state index contributed by atoms with van der Waals surface area (Å²) in [6, 6.07) is 24.0. The second-order valence-electron chi connectivity index (χ2n) is 6.85. The van der Waals surface area contributed by atoms with Gasteiger partial charge in [0.1, 0.15) is 0 Å². The zero-order valence-electron chi connectivity index (χ0n) is 15.5. The van der Waals surface area contributed by atoms with E-state index in [-0.39, 0.29) is 11.3 Å². The number of fused-ring (bicyclic) bond motifs is 1. The lowest BCUT2D eigenvalue weighted by Gasteiger charge is -2.12. The maximum atomic E-state index is 12.9. The summed E-state index contributed by atoms with van der Waals surface area (Å²) in [6.45, 7) is 0.362. The van der Waals surface area contributed by atoms with E-state index >= 15 is 0 Å². The molecule has 0 atom stereocenters. The summed E-state index contributed by atoms with van der Waals surface area (Å²) >= 11 is 0. The molecule has 29 heavy (non-hydrogen) atoms. The number of aromatic nitrogens is 2. The zero-order valence-corrected chi connectivity index (χ0v) is 16.3. The third kappa shape index (κ3) is 4.26. The van der Waals surface area contributed by atoms with Crippen molar-refractivity contribution in [2.24, 2.45) is 5.14 Å². The Kier molecular flexibility index (Phi) is 5.00. The second-order valence-corrected chi connectivity index (χ2v) is 8.46. The standard InChI is InChI=1S/C22H19N3O3S/c23-29(27,28)15-17-10-12-18(13-11-17)21-19-8-4-5-9-20(19)22(26)25(24-21)14-16-6-2-1-3-7-16/h1-13H,14-15H2,(H2,23,27,28). The van der Waals surface area contributed by atoms with Crippen LogP contribution in [0.25, 0.3) is 22.0 Å². The van der Waals surface area contributed by atoms with Gasteiger partial charge in [0.05, 0.1) is 23.4 Å². The highest BCUT2D eigenvalue weighted by Crippen LogP contribution is 2.25. The first-order chi connectivity index (χ1) is 13.9. The van der Waals surface area contributed by atoms with Gasteiger partial charge in [-0.25, -0.2) is 18.2 Å². The molecule has 0 spiro atoms. The predicted molar refractivity (Wildman–Crippen MR) is 114 cm³/mol. The lowest BCUT2D eigenvalue weighted by molar-refractivity contribution is 0.597. The fraction of sp³-hybridized carbons (Fsp3) is 0.0909. The molecule has 0 aliphatic rings. The molecule has 4 rings (SSSR count). The number of nitrogens with zero attached hydrogens (tertiary/aromatic N) is 2. The van der Waals surface area contributed by atoms with Crippen LogP contribution in [0.3, 0.4) is 0 Å². The Labute approximate surface area is 168 Å². The molecule has 7 heteroatoms. The monoisotopic (exact) mass is 405 g/mol. The van der Waals surface area contributed by atoms with Crippen molar-refractivity contribution in [2.75, 3.05) is 0 Å². The minimum Gasteiger partial charge on any atom is -0.267 e. The van der Waals surface area contributed by atoms with E-state index in [1.807, 2.05) is 48.5 Å². The molecule has 0 aliphatic heterocycles. The lowest BCUT2D eigenvalue weighted by Crippen LogP contribution is -2.24. The van der Waals surface area contributed by atoms with Gasteiger partial charge >= 0.3 is 0 Å². The molecule has 0 radical (unpaired) electrons. The van der Waals surface area contributed by atoms with Crippen LogP contribution in [0, 0.1) is 0 Å². The molecule has 146 valence electrons. The van der Waals surface area contributed by atoms with Crippen LogP contribution in [0.15, 0.2) is 83.7 Å². The average molecular weight is 405 g/mol. The molecular weight excluding hydrogens is 386 g/mol. The van der Waals surface area contributed by atoms with Crippen molar-refractivity contribution in [1.29, 1.82) is 0 Å². The molecule has 0 amide bonds. The third-order valence-electron chi connectivity index (χ3n) is 4.64. The van der Waals surface area contributed by atoms with Crippen LogP contribution in [0.4, 0.5) is 0 Å². The molecule has 0 saturated heterocycles. The van der Waals surface area contributed by atoms with Crippen LogP contribution in [0.1, 0.15) is 11.1 Å². The van der Waals surface area contributed by atoms with Crippen molar-refractivity contribution < 1.29 is 8.42 Å². The van der Waals surface area contributed by atoms with Crippen molar-refractivity contribution in [3.8, 4) is 11.3 Å². The van der Waals surface area contributed by atoms with E-state index in [4.69, 9.17) is 5.14 Å². The Morgan fingerprint density at radius 3 is 2.07 bits per heavy atom. The van der Waals surface area contributed by atoms with Gasteiger partial charge < -0.3 is 0 Å². The van der Waals surface area contributed by atoms with Gasteiger partial charge in [0.15, 0.2) is 0 Å². The number of primary sulfonamides is 1. The van der Waals surface area contributed by atoms with Gasteiger partial charge in [0, 0.05) is 10.9 Å². The van der Waals surface area contributed by atoms with Crippen LogP contribution in [-0.4, -0.2) is 18.2 Å². The van der Waals surface area contributed by atoms with Crippen molar-refractivity contribution >= 4 is 20.8 Å². The van der Waals surface area contributed by atoms with Crippen LogP contribution >= 0.6 is 0 Å². The number of nitrogens with two attached hydrogens (primary N) is 1. The fourth-order valence-corrected chi connectivity index (χ4v) is 3.96. The molecule has 6 nitrogen and oxygen atoms in total. The molecule has 0 unspecified atom stereocenters. The SMILES string of the molecule is NS(=O)(=O)Cc1ccc(-c2nn(Cc3ccccc3)c(=O)c3ccccc23)cc1. The Hall–Kier alpha value is -3.29. The summed E-state index contributed by atoms with van der Waals surface area (Å²) in [5.74, 6) is -0.227. The maximum Gasteiger partial charge on any atom is 0.274 e. The van der Waals surface area contributed by atoms with E-state index in [1.165, 1.54) is 4.68 Å². The van der Waals surface area contributed by atoms with Gasteiger partial charge in [-0.3, -0.25) is 4.79 Å². The minimum absolute atomic E-state index is 0.154. The first-order valence-electron chi connectivity index (χ1n) is 9.04. The van der Waals surface area contributed by atoms with Crippen LogP contribution in [0.2, 0.25) is 0 Å². The maximum absolute atomic E-state index is 12.9. The van der Waals surface area contributed by atoms with Gasteiger partial charge in [-0.15, -0.1) is 0 Å². The van der Waals surface area contributed by atoms with Crippen molar-refractivity contribution in [3.05, 3.63) is 100 Å². The van der Waals surface area contributed by atoms with E-state index in [0.717, 1.165) is 16.5 Å². The summed E-state index contributed by atoms with van der Waals surface area (Å²) < 4.78 is 24.1. The highest BCUT2D eigenvalue weighted by atomic mass is 32.2. The quantitative estimate of drug-likeness (QED) is 0.552. The largest absolute Gasteiger partial charge is 0.274 e. The van der Waals surface area contributed by atoms with Gasteiger partial charge in [-0.05, 0) is 17.2 Å². The van der Waals surface area contributed by atoms with Gasteiger partial charge in [-0.1, -0.05) is 72.8 Å². The highest BCUT2D eigenvalue weighted by Gasteiger charge is 2.13. The summed E-state index contributed by atoms with van der Waals surface area (Å²) in [5, 5.41) is 11.1. The summed E-state index contributed by atoms with van der Waals surface area (Å²) in [5.41, 5.74) is 2.88. The van der Waals surface area contributed by atoms with Crippen molar-refractivity contribution in [2.45, 2.75) is 12.3 Å². The summed E-state index contributed by atoms with van der Waals surface area (Å²) in [4.78, 5) is 12.9. The van der Waals surface area contributed by atoms with Gasteiger partial charge in [0.2, 0.25) is 10.0 Å². The normalized spacial score (nSPS) is 11.6. The Balaban J connectivity index is 1.83. The number of benzene rings is 3. The first kappa shape index (κ1) is 19.0. The number of rotatable bonds is 5. The van der Waals surface area contributed by atoms with Crippen LogP contribution in [-0.2, 0) is 22.3 Å². The van der Waals surface area contributed by atoms with Crippen molar-refractivity contribution in [1.82, 2.24) is 9.78 Å². The Morgan fingerprint density at radius 2 is 1.41 bits per heavy atom. The van der Waals surface area contributed by atoms with Gasteiger partial charge in [0.25, 0.3) is 5.56 Å². The smallest absolute Gasteiger partial charge is 0.267 e. The molecule has 4 aromatic rings. The molecule has 0 fully saturated rings. The van der Waals surface area contributed by atoms with Crippen LogP contribution in [0.5, 0.6) is 0 Å². The lowest BCUT2D eigenvalue weighted by atomic mass is 10.0. The molecule has 0 bridgehead atoms. The molecule has 1 aromatic heterocycles. The second kappa shape index (κ2) is 7.62. The Bertz CT molecular complexity index is 1330. The molecule has 3 aromatic carbocycles. The van der Waals surface area contributed by atoms with E-state index in [2.05, 4.69) is 5.10 Å². The fourth-order valence-electron chi connectivity index (χ4n) is 3.30. The average Bonchev–Trinajstić information content (AvgIpc) is 2.70. The molecular formula is C22H19N3O3S. The predicted octanol–water partition coefficient (Wildman–Crippen LogP) is 2.90. The summed E-state index contributed by atoms with van der Waals surface area (Å²) in [6.07, 6.45) is 0. The number of hydrogen-bond donors (Lipinski definition) is 1. The van der Waals surface area contributed by atoms with Gasteiger partial charge in [-0.2, -0.15) is 5.10 Å². The minimum atomic E-state index is -3.60. The van der Waals surface area contributed by atoms with E-state index in [0.29, 0.717) is 23.2 Å². The molecule has 1 heterocycles. The number of sulfonamides is 1. The topological polar surface area (TPSA) is 95.1 Å². The van der Waals surface area contributed by atoms with Crippen molar-refractivity contribution in [3.63, 3.8) is 0 Å². The molecule has 0 aliphatic carbocycles. The summed E-state index contributed by atoms with van der Waals surface area (Å²) in [7, 11) is -3.60. The van der Waals surface area contributed by atoms with E-state index < -0.39 is 10.0 Å². The number of hydrogen-bond acceptors (Lipinski definition) is 4. The van der Waals surface area contributed by atoms with Crippen LogP contribution < -0.4 is 10.7 Å². The van der Waals surface area contributed by atoms with E-state index in [9.17, 15) is 13.2 Å². The highest BCUT2D eigenvalue weighted by molar-refractivity contribution is 7.88. The Morgan fingerprint density at radius 1 is 0.793 bits per heavy atom. The third-order valence-corrected chi connectivity index (χ3v) is 5.37.